The Morgan fingerprint density at radius 3 is 1.65 bits per heavy atom. The van der Waals surface area contributed by atoms with Crippen molar-refractivity contribution in [2.45, 2.75) is 74.1 Å². The van der Waals surface area contributed by atoms with Gasteiger partial charge in [-0.2, -0.15) is 0 Å². The van der Waals surface area contributed by atoms with Crippen molar-refractivity contribution in [2.75, 3.05) is 0 Å². The predicted octanol–water partition coefficient (Wildman–Crippen LogP) is 0.968. The predicted molar refractivity (Wildman–Crippen MR) is 100 cm³/mol. The van der Waals surface area contributed by atoms with Crippen LogP contribution in [0.2, 0.25) is 0 Å². The molecule has 0 radical (unpaired) electrons. The monoisotopic (exact) mass is 430 g/mol. The summed E-state index contributed by atoms with van der Waals surface area (Å²) < 4.78 is 8.16. The maximum atomic E-state index is 6.62. The zero-order valence-electron chi connectivity index (χ0n) is 17.6. The van der Waals surface area contributed by atoms with E-state index in [1.807, 2.05) is 0 Å². The Morgan fingerprint density at radius 1 is 0.846 bits per heavy atom. The van der Waals surface area contributed by atoms with Crippen LogP contribution in [0.5, 0.6) is 5.75 Å². The molecule has 2 rings (SSSR count). The third-order valence-corrected chi connectivity index (χ3v) is 8.00. The molecule has 26 heavy (non-hydrogen) atoms. The number of hydrogen-bond donors (Lipinski definition) is 0. The molecule has 0 spiro atoms. The van der Waals surface area contributed by atoms with Crippen LogP contribution in [-0.4, -0.2) is 0 Å². The molecule has 4 heteroatoms. The van der Waals surface area contributed by atoms with Crippen molar-refractivity contribution in [3.05, 3.63) is 49.9 Å². The maximum Gasteiger partial charge on any atom is -1.00 e. The normalized spacial score (nSPS) is 15.8. The Balaban J connectivity index is 0.00000312. The average Bonchev–Trinajstić information content (AvgIpc) is 2.65. The van der Waals surface area contributed by atoms with Gasteiger partial charge in [0.2, 0.25) is 0 Å². The molecule has 1 aliphatic rings. The van der Waals surface area contributed by atoms with Crippen LogP contribution in [0.3, 0.4) is 0 Å². The van der Waals surface area contributed by atoms with Crippen LogP contribution in [0.15, 0.2) is 38.8 Å². The van der Waals surface area contributed by atoms with Crippen molar-refractivity contribution >= 4 is 0 Å². The molecule has 0 bridgehead atoms. The molecule has 0 heterocycles. The van der Waals surface area contributed by atoms with Gasteiger partial charge in [0.1, 0.15) is 0 Å². The van der Waals surface area contributed by atoms with Crippen LogP contribution in [0.25, 0.3) is 0 Å². The van der Waals surface area contributed by atoms with Crippen LogP contribution in [0.4, 0.5) is 0 Å². The summed E-state index contributed by atoms with van der Waals surface area (Å²) in [6.45, 7) is 20.5. The fourth-order valence-electron chi connectivity index (χ4n) is 3.50. The van der Waals surface area contributed by atoms with E-state index in [-0.39, 0.29) is 30.2 Å². The smallest absolute Gasteiger partial charge is 1.00 e. The maximum absolute atomic E-state index is 6.62. The molecule has 1 aliphatic carbocycles. The summed E-state index contributed by atoms with van der Waals surface area (Å²) in [7, 11) is 0. The zero-order valence-corrected chi connectivity index (χ0v) is 20.6. The summed E-state index contributed by atoms with van der Waals surface area (Å²) in [6.07, 6.45) is 0. The molecule has 144 valence electrons. The van der Waals surface area contributed by atoms with Gasteiger partial charge in [-0.05, 0) is 0 Å². The molecule has 1 aromatic carbocycles. The van der Waals surface area contributed by atoms with Crippen LogP contribution in [0, 0.1) is 5.41 Å². The summed E-state index contributed by atoms with van der Waals surface area (Å²) in [5.74, 6) is 2.12. The number of hydrogen-bond acceptors (Lipinski definition) is 1. The van der Waals surface area contributed by atoms with Crippen molar-refractivity contribution in [3.63, 3.8) is 0 Å². The molecular weight excluding hydrogens is 399 g/mol. The van der Waals surface area contributed by atoms with Crippen molar-refractivity contribution in [2.24, 2.45) is 5.41 Å². The molecular formula is C22H32Cl2OTi. The Labute approximate surface area is 182 Å². The second-order valence-electron chi connectivity index (χ2n) is 8.15. The quantitative estimate of drug-likeness (QED) is 0.632. The average molecular weight is 431 g/mol. The third kappa shape index (κ3) is 4.79. The van der Waals surface area contributed by atoms with E-state index in [0.29, 0.717) is 11.8 Å². The number of rotatable bonds is 5. The molecule has 0 N–H and O–H groups in total. The van der Waals surface area contributed by atoms with Crippen LogP contribution < -0.4 is 28.1 Å². The fraction of sp³-hybridized carbons (Fsp3) is 0.545. The molecule has 0 atom stereocenters. The summed E-state index contributed by atoms with van der Waals surface area (Å²) in [5.41, 5.74) is 7.28. The van der Waals surface area contributed by atoms with Crippen molar-refractivity contribution in [1.29, 1.82) is 0 Å². The van der Waals surface area contributed by atoms with Crippen LogP contribution in [0.1, 0.15) is 85.3 Å². The van der Waals surface area contributed by atoms with Gasteiger partial charge >= 0.3 is 158 Å². The Kier molecular flexibility index (Phi) is 9.75. The van der Waals surface area contributed by atoms with Gasteiger partial charge < -0.3 is 24.8 Å². The van der Waals surface area contributed by atoms with E-state index < -0.39 is 19.5 Å². The largest absolute Gasteiger partial charge is 1.00 e. The molecule has 0 saturated heterocycles. The minimum absolute atomic E-state index is 0. The van der Waals surface area contributed by atoms with E-state index in [0.717, 1.165) is 5.75 Å². The van der Waals surface area contributed by atoms with E-state index in [9.17, 15) is 0 Å². The molecule has 0 saturated carbocycles. The first-order valence-corrected chi connectivity index (χ1v) is 10.5. The Morgan fingerprint density at radius 2 is 1.31 bits per heavy atom. The second-order valence-corrected chi connectivity index (χ2v) is 9.57. The minimum Gasteiger partial charge on any atom is -1.00 e. The minimum atomic E-state index is -0.647. The van der Waals surface area contributed by atoms with Gasteiger partial charge in [0.25, 0.3) is 0 Å². The molecule has 0 unspecified atom stereocenters. The number of allylic oxidation sites excluding steroid dienone is 4. The Hall–Kier alpha value is -0.206. The van der Waals surface area contributed by atoms with Gasteiger partial charge in [-0.3, -0.25) is 0 Å². The summed E-state index contributed by atoms with van der Waals surface area (Å²) in [4.78, 5) is 0. The molecule has 0 aliphatic heterocycles. The van der Waals surface area contributed by atoms with Crippen molar-refractivity contribution in [3.8, 4) is 5.75 Å². The zero-order chi connectivity index (χ0) is 18.2. The first-order chi connectivity index (χ1) is 11.1. The van der Waals surface area contributed by atoms with Gasteiger partial charge in [0.15, 0.2) is 0 Å². The van der Waals surface area contributed by atoms with Gasteiger partial charge in [-0.15, -0.1) is 0 Å². The van der Waals surface area contributed by atoms with E-state index in [1.165, 1.54) is 27.8 Å². The summed E-state index contributed by atoms with van der Waals surface area (Å²) in [5, 5.41) is 0. The number of para-hydroxylation sites is 1. The fourth-order valence-corrected chi connectivity index (χ4v) is 5.41. The Bertz CT molecular complexity index is 674. The SMILES string of the molecule is CC1=C(C)C(C)(C)[C]([Ti+2][O]c2c(C(C)C)cccc2C(C)C)=C1C.[Cl-].[Cl-]. The third-order valence-electron chi connectivity index (χ3n) is 5.64. The van der Waals surface area contributed by atoms with Crippen LogP contribution >= 0.6 is 0 Å². The molecule has 1 aromatic rings. The second kappa shape index (κ2) is 9.83. The van der Waals surface area contributed by atoms with Crippen molar-refractivity contribution < 1.29 is 47.7 Å². The van der Waals surface area contributed by atoms with E-state index in [2.05, 4.69) is 80.5 Å². The molecule has 1 nitrogen and oxygen atoms in total. The van der Waals surface area contributed by atoms with E-state index in [1.54, 1.807) is 3.88 Å². The van der Waals surface area contributed by atoms with Crippen LogP contribution in [-0.2, 0) is 19.5 Å². The summed E-state index contributed by atoms with van der Waals surface area (Å²) >= 11 is -0.647. The standard InChI is InChI=1S/C12H18O.C10H15.2ClH.Ti/c1-8(2)10-6-5-7-11(9(3)4)12(10)13;1-7-6-10(4,5)9(3)8(7)2;;;/h5-9,13H,1-4H3;1-5H3;2*1H;/q;;;;+3/p-3. The van der Waals surface area contributed by atoms with Gasteiger partial charge in [-0.25, -0.2) is 0 Å². The first-order valence-electron chi connectivity index (χ1n) is 9.04. The van der Waals surface area contributed by atoms with Gasteiger partial charge in [0, 0.05) is 0 Å². The van der Waals surface area contributed by atoms with Crippen molar-refractivity contribution in [1.82, 2.24) is 0 Å². The van der Waals surface area contributed by atoms with Gasteiger partial charge in [0.05, 0.1) is 0 Å². The molecule has 0 fully saturated rings. The topological polar surface area (TPSA) is 9.23 Å². The van der Waals surface area contributed by atoms with Gasteiger partial charge in [-0.1, -0.05) is 0 Å². The molecule has 0 amide bonds. The number of benzene rings is 1. The summed E-state index contributed by atoms with van der Waals surface area (Å²) in [6, 6.07) is 6.64. The van der Waals surface area contributed by atoms with E-state index in [4.69, 9.17) is 3.32 Å². The van der Waals surface area contributed by atoms with E-state index >= 15 is 0 Å². The molecule has 0 aromatic heterocycles. The number of halogens is 2. The first kappa shape index (κ1) is 25.8.